The average molecular weight is 273 g/mol. The monoisotopic (exact) mass is 273 g/mol. The molecule has 1 amide bonds. The topological polar surface area (TPSA) is 38.1 Å². The van der Waals surface area contributed by atoms with Crippen LogP contribution >= 0.6 is 0 Å². The van der Waals surface area contributed by atoms with Crippen molar-refractivity contribution in [1.29, 1.82) is 0 Å². The minimum atomic E-state index is 0.166. The van der Waals surface area contributed by atoms with Gasteiger partial charge in [-0.15, -0.1) is 6.58 Å². The van der Waals surface area contributed by atoms with Crippen LogP contribution in [0.15, 0.2) is 25.0 Å². The second-order valence-corrected chi connectivity index (χ2v) is 6.11. The van der Waals surface area contributed by atoms with Crippen LogP contribution in [0, 0.1) is 5.92 Å². The van der Waals surface area contributed by atoms with Gasteiger partial charge in [0.1, 0.15) is 0 Å². The molecule has 2 fully saturated rings. The molecule has 2 aliphatic carbocycles. The Labute approximate surface area is 120 Å². The number of aryl methyl sites for hydroxylation is 1. The predicted octanol–water partition coefficient (Wildman–Crippen LogP) is 2.48. The van der Waals surface area contributed by atoms with Crippen LogP contribution in [0.25, 0.3) is 0 Å². The first-order valence-electron chi connectivity index (χ1n) is 7.60. The van der Waals surface area contributed by atoms with Gasteiger partial charge in [-0.05, 0) is 30.7 Å². The fraction of sp³-hybridized carbons (Fsp3) is 0.625. The zero-order valence-electron chi connectivity index (χ0n) is 12.2. The molecule has 2 saturated carbocycles. The Hall–Kier alpha value is -1.58. The van der Waals surface area contributed by atoms with Gasteiger partial charge >= 0.3 is 0 Å². The lowest BCUT2D eigenvalue weighted by molar-refractivity contribution is -0.134. The third kappa shape index (κ3) is 2.51. The lowest BCUT2D eigenvalue weighted by Crippen LogP contribution is -2.40. The van der Waals surface area contributed by atoms with Gasteiger partial charge < -0.3 is 4.90 Å². The highest BCUT2D eigenvalue weighted by Gasteiger charge is 2.47. The molecule has 4 nitrogen and oxygen atoms in total. The maximum Gasteiger partial charge on any atom is 0.226 e. The molecule has 108 valence electrons. The van der Waals surface area contributed by atoms with E-state index in [1.54, 1.807) is 0 Å². The number of amides is 1. The number of carbonyl (C=O) groups is 1. The number of rotatable bonds is 5. The highest BCUT2D eigenvalue weighted by atomic mass is 16.2. The molecule has 0 radical (unpaired) electrons. The molecule has 1 aromatic rings. The predicted molar refractivity (Wildman–Crippen MR) is 78.2 cm³/mol. The summed E-state index contributed by atoms with van der Waals surface area (Å²) in [7, 11) is 1.92. The fourth-order valence-corrected chi connectivity index (χ4v) is 3.45. The largest absolute Gasteiger partial charge is 0.336 e. The van der Waals surface area contributed by atoms with Crippen LogP contribution in [0.4, 0.5) is 0 Å². The van der Waals surface area contributed by atoms with Crippen LogP contribution < -0.4 is 0 Å². The lowest BCUT2D eigenvalue weighted by atomic mass is 10.1. The number of aromatic nitrogens is 2. The molecule has 4 heteroatoms. The minimum Gasteiger partial charge on any atom is -0.336 e. The van der Waals surface area contributed by atoms with Crippen molar-refractivity contribution in [2.45, 2.75) is 44.1 Å². The molecule has 0 aliphatic heterocycles. The highest BCUT2D eigenvalue weighted by Crippen LogP contribution is 2.48. The number of nitrogens with zero attached hydrogens (tertiary/aromatic N) is 3. The van der Waals surface area contributed by atoms with Gasteiger partial charge in [0.25, 0.3) is 0 Å². The maximum atomic E-state index is 12.7. The van der Waals surface area contributed by atoms with Crippen molar-refractivity contribution in [3.8, 4) is 0 Å². The molecule has 0 saturated heterocycles. The summed E-state index contributed by atoms with van der Waals surface area (Å²) in [5.74, 6) is 0.871. The molecule has 2 atom stereocenters. The molecular weight excluding hydrogens is 250 g/mol. The molecule has 1 heterocycles. The van der Waals surface area contributed by atoms with Crippen molar-refractivity contribution in [1.82, 2.24) is 14.7 Å². The van der Waals surface area contributed by atoms with Gasteiger partial charge in [0.05, 0.1) is 6.20 Å². The Kier molecular flexibility index (Phi) is 3.64. The van der Waals surface area contributed by atoms with E-state index in [0.29, 0.717) is 24.4 Å². The van der Waals surface area contributed by atoms with E-state index in [4.69, 9.17) is 0 Å². The van der Waals surface area contributed by atoms with Crippen LogP contribution in [-0.4, -0.2) is 33.2 Å². The number of hydrogen-bond acceptors (Lipinski definition) is 2. The van der Waals surface area contributed by atoms with E-state index < -0.39 is 0 Å². The third-order valence-electron chi connectivity index (χ3n) is 4.63. The summed E-state index contributed by atoms with van der Waals surface area (Å²) in [5, 5.41) is 4.21. The first-order valence-corrected chi connectivity index (χ1v) is 7.60. The van der Waals surface area contributed by atoms with Gasteiger partial charge in [-0.2, -0.15) is 5.10 Å². The van der Waals surface area contributed by atoms with Gasteiger partial charge in [-0.3, -0.25) is 9.48 Å². The van der Waals surface area contributed by atoms with E-state index in [2.05, 4.69) is 16.6 Å². The third-order valence-corrected chi connectivity index (χ3v) is 4.63. The Bertz CT molecular complexity index is 502. The summed E-state index contributed by atoms with van der Waals surface area (Å²) in [4.78, 5) is 14.8. The van der Waals surface area contributed by atoms with Crippen molar-refractivity contribution >= 4 is 5.91 Å². The van der Waals surface area contributed by atoms with Crippen molar-refractivity contribution in [2.24, 2.45) is 13.0 Å². The molecule has 1 aromatic heterocycles. The van der Waals surface area contributed by atoms with Crippen molar-refractivity contribution in [3.05, 3.63) is 30.6 Å². The maximum absolute atomic E-state index is 12.7. The summed E-state index contributed by atoms with van der Waals surface area (Å²) in [6, 6.07) is 0.440. The summed E-state index contributed by atoms with van der Waals surface area (Å²) in [6.45, 7) is 4.50. The van der Waals surface area contributed by atoms with Crippen LogP contribution in [0.1, 0.15) is 43.6 Å². The molecule has 20 heavy (non-hydrogen) atoms. The second kappa shape index (κ2) is 5.43. The quantitative estimate of drug-likeness (QED) is 0.773. The van der Waals surface area contributed by atoms with E-state index >= 15 is 0 Å². The number of carbonyl (C=O) groups excluding carboxylic acids is 1. The zero-order valence-corrected chi connectivity index (χ0v) is 12.2. The molecule has 0 bridgehead atoms. The smallest absolute Gasteiger partial charge is 0.226 e. The van der Waals surface area contributed by atoms with Crippen LogP contribution in [0.2, 0.25) is 0 Å². The Morgan fingerprint density at radius 1 is 1.55 bits per heavy atom. The summed E-state index contributed by atoms with van der Waals surface area (Å²) < 4.78 is 1.81. The first kappa shape index (κ1) is 13.4. The summed E-state index contributed by atoms with van der Waals surface area (Å²) >= 11 is 0. The molecule has 3 rings (SSSR count). The molecule has 2 aliphatic rings. The van der Waals surface area contributed by atoms with E-state index in [0.717, 1.165) is 19.3 Å². The minimum absolute atomic E-state index is 0.166. The number of hydrogen-bond donors (Lipinski definition) is 0. The molecular formula is C16H23N3O. The van der Waals surface area contributed by atoms with Crippen LogP contribution in [0.3, 0.4) is 0 Å². The van der Waals surface area contributed by atoms with E-state index in [1.165, 1.54) is 18.4 Å². The van der Waals surface area contributed by atoms with Crippen LogP contribution in [0.5, 0.6) is 0 Å². The average Bonchev–Trinajstić information content (AvgIpc) is 2.85. The van der Waals surface area contributed by atoms with Crippen molar-refractivity contribution < 1.29 is 4.79 Å². The van der Waals surface area contributed by atoms with E-state index in [1.807, 2.05) is 30.2 Å². The van der Waals surface area contributed by atoms with Gasteiger partial charge in [0.2, 0.25) is 5.91 Å². The van der Waals surface area contributed by atoms with Crippen molar-refractivity contribution in [3.63, 3.8) is 0 Å². The lowest BCUT2D eigenvalue weighted by Gasteiger charge is -2.28. The molecule has 0 aromatic carbocycles. The van der Waals surface area contributed by atoms with E-state index in [-0.39, 0.29) is 5.92 Å². The van der Waals surface area contributed by atoms with Gasteiger partial charge in [-0.1, -0.05) is 18.9 Å². The first-order chi connectivity index (χ1) is 9.70. The highest BCUT2D eigenvalue weighted by molar-refractivity contribution is 5.83. The Morgan fingerprint density at radius 3 is 2.90 bits per heavy atom. The standard InChI is InChI=1S/C16H23N3O/c1-3-8-19(13-6-4-5-7-13)16(20)15-9-14(15)12-10-17-18(2)11-12/h3,10-11,13-15H,1,4-9H2,2H3/t14-,15+/m0/s1. The second-order valence-electron chi connectivity index (χ2n) is 6.11. The zero-order chi connectivity index (χ0) is 14.1. The van der Waals surface area contributed by atoms with Gasteiger partial charge in [0, 0.05) is 31.7 Å². The Balaban J connectivity index is 1.66. The fourth-order valence-electron chi connectivity index (χ4n) is 3.45. The molecule has 0 N–H and O–H groups in total. The van der Waals surface area contributed by atoms with Gasteiger partial charge in [0.15, 0.2) is 0 Å². The van der Waals surface area contributed by atoms with E-state index in [9.17, 15) is 4.79 Å². The van der Waals surface area contributed by atoms with Gasteiger partial charge in [-0.25, -0.2) is 0 Å². The van der Waals surface area contributed by atoms with Crippen molar-refractivity contribution in [2.75, 3.05) is 6.54 Å². The molecule has 0 spiro atoms. The SMILES string of the molecule is C=CCN(C(=O)[C@@H]1C[C@H]1c1cnn(C)c1)C1CCCC1. The summed E-state index contributed by atoms with van der Waals surface area (Å²) in [6.07, 6.45) is 11.6. The summed E-state index contributed by atoms with van der Waals surface area (Å²) in [5.41, 5.74) is 1.20. The Morgan fingerprint density at radius 2 is 2.30 bits per heavy atom. The molecule has 0 unspecified atom stereocenters. The normalized spacial score (nSPS) is 25.6. The van der Waals surface area contributed by atoms with Crippen LogP contribution in [-0.2, 0) is 11.8 Å².